The summed E-state index contributed by atoms with van der Waals surface area (Å²) in [7, 11) is 0. The Morgan fingerprint density at radius 3 is 2.55 bits per heavy atom. The van der Waals surface area contributed by atoms with Crippen molar-refractivity contribution in [3.05, 3.63) is 51.7 Å². The molecule has 2 rings (SSSR count). The minimum Gasteiger partial charge on any atom is -0.409 e. The van der Waals surface area contributed by atoms with Gasteiger partial charge in [0.05, 0.1) is 4.88 Å². The van der Waals surface area contributed by atoms with Crippen LogP contribution in [0.1, 0.15) is 20.1 Å². The van der Waals surface area contributed by atoms with Crippen LogP contribution in [0.2, 0.25) is 0 Å². The second kappa shape index (κ2) is 6.21. The Labute approximate surface area is 120 Å². The Kier molecular flexibility index (Phi) is 4.37. The smallest absolute Gasteiger partial charge is 0.265 e. The number of nitrogens with two attached hydrogens (primary N) is 1. The Morgan fingerprint density at radius 1 is 1.30 bits per heavy atom. The van der Waals surface area contributed by atoms with Crippen molar-refractivity contribution in [2.24, 2.45) is 10.9 Å². The number of amidine groups is 1. The van der Waals surface area contributed by atoms with E-state index in [1.54, 1.807) is 12.1 Å². The van der Waals surface area contributed by atoms with Crippen LogP contribution in [0.4, 0.5) is 5.69 Å². The lowest BCUT2D eigenvalue weighted by molar-refractivity contribution is 0.103. The standard InChI is InChI=1S/C14H15N3O2S/c1-9-2-7-12(20-9)14(18)16-11-5-3-10(4-6-11)8-13(15)17-19/h2-7,19H,8H2,1H3,(H2,15,17)(H,16,18). The summed E-state index contributed by atoms with van der Waals surface area (Å²) in [6.45, 7) is 1.96. The Bertz CT molecular complexity index is 632. The Hall–Kier alpha value is -2.34. The minimum atomic E-state index is -0.118. The van der Waals surface area contributed by atoms with Crippen LogP contribution < -0.4 is 11.1 Å². The van der Waals surface area contributed by atoms with Gasteiger partial charge in [-0.15, -0.1) is 11.3 Å². The van der Waals surface area contributed by atoms with Crippen LogP contribution in [-0.2, 0) is 6.42 Å². The summed E-state index contributed by atoms with van der Waals surface area (Å²) < 4.78 is 0. The molecule has 4 N–H and O–H groups in total. The highest BCUT2D eigenvalue weighted by Gasteiger charge is 2.08. The zero-order valence-corrected chi connectivity index (χ0v) is 11.8. The summed E-state index contributed by atoms with van der Waals surface area (Å²) in [5.41, 5.74) is 7.05. The molecule has 0 saturated carbocycles. The van der Waals surface area contributed by atoms with E-state index in [1.807, 2.05) is 31.2 Å². The number of aryl methyl sites for hydroxylation is 1. The quantitative estimate of drug-likeness (QED) is 0.350. The number of carbonyl (C=O) groups excluding carboxylic acids is 1. The lowest BCUT2D eigenvalue weighted by Crippen LogP contribution is -2.14. The molecular formula is C14H15N3O2S. The highest BCUT2D eigenvalue weighted by molar-refractivity contribution is 7.14. The van der Waals surface area contributed by atoms with Crippen molar-refractivity contribution in [3.8, 4) is 0 Å². The zero-order chi connectivity index (χ0) is 14.5. The second-order valence-corrected chi connectivity index (χ2v) is 5.62. The minimum absolute atomic E-state index is 0.118. The van der Waals surface area contributed by atoms with Crippen molar-refractivity contribution in [1.29, 1.82) is 0 Å². The maximum absolute atomic E-state index is 12.0. The number of benzene rings is 1. The molecule has 0 bridgehead atoms. The Morgan fingerprint density at radius 2 is 2.00 bits per heavy atom. The third kappa shape index (κ3) is 3.58. The molecule has 5 nitrogen and oxygen atoms in total. The van der Waals surface area contributed by atoms with Gasteiger partial charge in [-0.1, -0.05) is 17.3 Å². The van der Waals surface area contributed by atoms with Crippen molar-refractivity contribution in [3.63, 3.8) is 0 Å². The van der Waals surface area contributed by atoms with Gasteiger partial charge in [0.15, 0.2) is 0 Å². The molecule has 6 heteroatoms. The largest absolute Gasteiger partial charge is 0.409 e. The molecular weight excluding hydrogens is 274 g/mol. The molecule has 20 heavy (non-hydrogen) atoms. The number of anilines is 1. The van der Waals surface area contributed by atoms with E-state index in [0.29, 0.717) is 17.0 Å². The highest BCUT2D eigenvalue weighted by atomic mass is 32.1. The van der Waals surface area contributed by atoms with Crippen LogP contribution in [0.15, 0.2) is 41.6 Å². The van der Waals surface area contributed by atoms with E-state index in [0.717, 1.165) is 10.4 Å². The van der Waals surface area contributed by atoms with E-state index >= 15 is 0 Å². The van der Waals surface area contributed by atoms with E-state index in [4.69, 9.17) is 10.9 Å². The van der Waals surface area contributed by atoms with Gasteiger partial charge < -0.3 is 16.3 Å². The third-order valence-corrected chi connectivity index (χ3v) is 3.69. The van der Waals surface area contributed by atoms with Crippen LogP contribution in [-0.4, -0.2) is 17.0 Å². The predicted molar refractivity (Wildman–Crippen MR) is 80.6 cm³/mol. The van der Waals surface area contributed by atoms with E-state index < -0.39 is 0 Å². The van der Waals surface area contributed by atoms with Crippen LogP contribution in [0.5, 0.6) is 0 Å². The fraction of sp³-hybridized carbons (Fsp3) is 0.143. The van der Waals surface area contributed by atoms with Gasteiger partial charge in [-0.2, -0.15) is 0 Å². The average molecular weight is 289 g/mol. The van der Waals surface area contributed by atoms with Crippen LogP contribution in [0.25, 0.3) is 0 Å². The summed E-state index contributed by atoms with van der Waals surface area (Å²) in [6, 6.07) is 11.0. The first-order chi connectivity index (χ1) is 9.58. The van der Waals surface area contributed by atoms with E-state index in [1.165, 1.54) is 11.3 Å². The van der Waals surface area contributed by atoms with Crippen molar-refractivity contribution >= 4 is 28.8 Å². The van der Waals surface area contributed by atoms with Gasteiger partial charge in [-0.3, -0.25) is 4.79 Å². The van der Waals surface area contributed by atoms with Crippen molar-refractivity contribution in [2.45, 2.75) is 13.3 Å². The molecule has 0 atom stereocenters. The van der Waals surface area contributed by atoms with Crippen molar-refractivity contribution < 1.29 is 10.0 Å². The summed E-state index contributed by atoms with van der Waals surface area (Å²) >= 11 is 1.46. The molecule has 0 aliphatic heterocycles. The van der Waals surface area contributed by atoms with E-state index in [9.17, 15) is 4.79 Å². The fourth-order valence-electron chi connectivity index (χ4n) is 1.70. The molecule has 0 spiro atoms. The summed E-state index contributed by atoms with van der Waals surface area (Å²) in [6.07, 6.45) is 0.370. The normalized spacial score (nSPS) is 11.3. The summed E-state index contributed by atoms with van der Waals surface area (Å²) in [5, 5.41) is 14.3. The van der Waals surface area contributed by atoms with Gasteiger partial charge in [-0.05, 0) is 36.8 Å². The Balaban J connectivity index is 2.02. The van der Waals surface area contributed by atoms with Crippen molar-refractivity contribution in [1.82, 2.24) is 0 Å². The first kappa shape index (κ1) is 14.1. The maximum atomic E-state index is 12.0. The number of thiophene rings is 1. The van der Waals surface area contributed by atoms with E-state index in [2.05, 4.69) is 10.5 Å². The molecule has 1 aromatic carbocycles. The number of hydrogen-bond acceptors (Lipinski definition) is 4. The molecule has 2 aromatic rings. The number of hydrogen-bond donors (Lipinski definition) is 3. The molecule has 1 amide bonds. The molecule has 104 valence electrons. The van der Waals surface area contributed by atoms with Gasteiger partial charge in [0, 0.05) is 17.0 Å². The number of oxime groups is 1. The molecule has 0 fully saturated rings. The highest BCUT2D eigenvalue weighted by Crippen LogP contribution is 2.17. The summed E-state index contributed by atoms with van der Waals surface area (Å²) in [5.74, 6) is 0.0307. The lowest BCUT2D eigenvalue weighted by Gasteiger charge is -2.05. The lowest BCUT2D eigenvalue weighted by atomic mass is 10.1. The number of nitrogens with one attached hydrogen (secondary N) is 1. The number of amides is 1. The van der Waals surface area contributed by atoms with Crippen LogP contribution in [0.3, 0.4) is 0 Å². The molecule has 1 heterocycles. The second-order valence-electron chi connectivity index (χ2n) is 4.33. The predicted octanol–water partition coefficient (Wildman–Crippen LogP) is 2.60. The SMILES string of the molecule is Cc1ccc(C(=O)Nc2ccc(CC(N)=NO)cc2)s1. The topological polar surface area (TPSA) is 87.7 Å². The molecule has 0 radical (unpaired) electrons. The molecule has 0 aliphatic rings. The zero-order valence-electron chi connectivity index (χ0n) is 11.0. The van der Waals surface area contributed by atoms with Gasteiger partial charge in [0.2, 0.25) is 0 Å². The van der Waals surface area contributed by atoms with Gasteiger partial charge in [-0.25, -0.2) is 0 Å². The van der Waals surface area contributed by atoms with Crippen molar-refractivity contribution in [2.75, 3.05) is 5.32 Å². The number of carbonyl (C=O) groups is 1. The summed E-state index contributed by atoms with van der Waals surface area (Å²) in [4.78, 5) is 13.7. The monoisotopic (exact) mass is 289 g/mol. The van der Waals surface area contributed by atoms with Crippen LogP contribution in [0, 0.1) is 6.92 Å². The molecule has 1 aromatic heterocycles. The fourth-order valence-corrected chi connectivity index (χ4v) is 2.46. The van der Waals surface area contributed by atoms with E-state index in [-0.39, 0.29) is 11.7 Å². The van der Waals surface area contributed by atoms with Gasteiger partial charge in [0.25, 0.3) is 5.91 Å². The maximum Gasteiger partial charge on any atom is 0.265 e. The van der Waals surface area contributed by atoms with Gasteiger partial charge in [0.1, 0.15) is 5.84 Å². The molecule has 0 unspecified atom stereocenters. The molecule has 0 aliphatic carbocycles. The number of nitrogens with zero attached hydrogens (tertiary/aromatic N) is 1. The van der Waals surface area contributed by atoms with Gasteiger partial charge >= 0.3 is 0 Å². The van der Waals surface area contributed by atoms with Crippen LogP contribution >= 0.6 is 11.3 Å². The first-order valence-electron chi connectivity index (χ1n) is 6.01. The third-order valence-electron chi connectivity index (χ3n) is 2.69. The number of rotatable bonds is 4. The average Bonchev–Trinajstić information content (AvgIpc) is 2.87. The molecule has 0 saturated heterocycles. The first-order valence-corrected chi connectivity index (χ1v) is 6.83.